The van der Waals surface area contributed by atoms with Crippen LogP contribution in [0.15, 0.2) is 22.7 Å². The number of amides is 1. The summed E-state index contributed by atoms with van der Waals surface area (Å²) in [5, 5.41) is 2.78. The van der Waals surface area contributed by atoms with Crippen LogP contribution in [0.2, 0.25) is 0 Å². The van der Waals surface area contributed by atoms with Crippen LogP contribution in [0.25, 0.3) is 0 Å². The molecule has 0 fully saturated rings. The van der Waals surface area contributed by atoms with Crippen molar-refractivity contribution in [2.45, 2.75) is 6.92 Å². The highest BCUT2D eigenvalue weighted by Crippen LogP contribution is 2.24. The molecule has 0 heterocycles. The van der Waals surface area contributed by atoms with Gasteiger partial charge in [0.15, 0.2) is 0 Å². The molecule has 1 rings (SSSR count). The maximum Gasteiger partial charge on any atom is 0.241 e. The number of anilines is 1. The molecule has 5 heteroatoms. The van der Waals surface area contributed by atoms with Crippen LogP contribution in [0.3, 0.4) is 0 Å². The summed E-state index contributed by atoms with van der Waals surface area (Å²) in [5.41, 5.74) is 0.320. The third-order valence-corrected chi connectivity index (χ3v) is 2.94. The Balaban J connectivity index is 2.65. The van der Waals surface area contributed by atoms with Crippen LogP contribution in [-0.4, -0.2) is 30.9 Å². The SMILES string of the molecule is CCN(C)C(=O)CNc1c(F)cccc1Br. The van der Waals surface area contributed by atoms with Gasteiger partial charge in [-0.05, 0) is 35.0 Å². The molecule has 0 unspecified atom stereocenters. The Labute approximate surface area is 103 Å². The van der Waals surface area contributed by atoms with Crippen LogP contribution in [0.5, 0.6) is 0 Å². The lowest BCUT2D eigenvalue weighted by Gasteiger charge is -2.16. The van der Waals surface area contributed by atoms with Gasteiger partial charge in [0.1, 0.15) is 5.82 Å². The third kappa shape index (κ3) is 3.20. The van der Waals surface area contributed by atoms with E-state index in [0.29, 0.717) is 16.7 Å². The number of halogens is 2. The Kier molecular flexibility index (Phi) is 4.73. The maximum absolute atomic E-state index is 13.4. The van der Waals surface area contributed by atoms with Crippen LogP contribution in [0, 0.1) is 5.82 Å². The zero-order valence-electron chi connectivity index (χ0n) is 9.26. The number of carbonyl (C=O) groups is 1. The Morgan fingerprint density at radius 3 is 2.81 bits per heavy atom. The van der Waals surface area contributed by atoms with E-state index >= 15 is 0 Å². The molecule has 0 radical (unpaired) electrons. The minimum Gasteiger partial charge on any atom is -0.373 e. The number of carbonyl (C=O) groups excluding carboxylic acids is 1. The second kappa shape index (κ2) is 5.84. The lowest BCUT2D eigenvalue weighted by atomic mass is 10.3. The molecule has 1 amide bonds. The average Bonchev–Trinajstić information content (AvgIpc) is 2.27. The fourth-order valence-corrected chi connectivity index (χ4v) is 1.62. The van der Waals surface area contributed by atoms with E-state index in [9.17, 15) is 9.18 Å². The quantitative estimate of drug-likeness (QED) is 0.923. The van der Waals surface area contributed by atoms with Crippen LogP contribution in [0.1, 0.15) is 6.92 Å². The molecule has 0 aliphatic heterocycles. The molecule has 0 saturated carbocycles. The van der Waals surface area contributed by atoms with Crippen molar-refractivity contribution in [3.8, 4) is 0 Å². The minimum absolute atomic E-state index is 0.0716. The lowest BCUT2D eigenvalue weighted by Crippen LogP contribution is -2.32. The molecule has 1 N–H and O–H groups in total. The van der Waals surface area contributed by atoms with Gasteiger partial charge in [-0.3, -0.25) is 4.79 Å². The first-order chi connectivity index (χ1) is 7.56. The maximum atomic E-state index is 13.4. The molecule has 0 aromatic heterocycles. The number of hydrogen-bond donors (Lipinski definition) is 1. The largest absolute Gasteiger partial charge is 0.373 e. The molecule has 88 valence electrons. The normalized spacial score (nSPS) is 10.0. The minimum atomic E-state index is -0.374. The van der Waals surface area contributed by atoms with Gasteiger partial charge in [0.2, 0.25) is 5.91 Å². The Morgan fingerprint density at radius 1 is 1.56 bits per heavy atom. The molecular weight excluding hydrogens is 275 g/mol. The molecule has 1 aromatic carbocycles. The van der Waals surface area contributed by atoms with E-state index in [4.69, 9.17) is 0 Å². The van der Waals surface area contributed by atoms with Crippen LogP contribution in [0.4, 0.5) is 10.1 Å². The summed E-state index contributed by atoms with van der Waals surface area (Å²) in [5.74, 6) is -0.445. The zero-order valence-corrected chi connectivity index (χ0v) is 10.8. The lowest BCUT2D eigenvalue weighted by molar-refractivity contribution is -0.127. The smallest absolute Gasteiger partial charge is 0.241 e. The topological polar surface area (TPSA) is 32.3 Å². The fourth-order valence-electron chi connectivity index (χ4n) is 1.14. The summed E-state index contributed by atoms with van der Waals surface area (Å²) in [4.78, 5) is 13.1. The summed E-state index contributed by atoms with van der Waals surface area (Å²) < 4.78 is 14.0. The molecular formula is C11H14BrFN2O. The first kappa shape index (κ1) is 13.0. The summed E-state index contributed by atoms with van der Waals surface area (Å²) in [6, 6.07) is 4.67. The molecule has 0 bridgehead atoms. The van der Waals surface area contributed by atoms with Crippen molar-refractivity contribution < 1.29 is 9.18 Å². The van der Waals surface area contributed by atoms with Crippen LogP contribution in [-0.2, 0) is 4.79 Å². The standard InChI is InChI=1S/C11H14BrFN2O/c1-3-15(2)10(16)7-14-11-8(12)5-4-6-9(11)13/h4-6,14H,3,7H2,1-2H3. The van der Waals surface area contributed by atoms with Crippen LogP contribution >= 0.6 is 15.9 Å². The third-order valence-electron chi connectivity index (χ3n) is 2.28. The van der Waals surface area contributed by atoms with Crippen molar-refractivity contribution in [1.29, 1.82) is 0 Å². The average molecular weight is 289 g/mol. The second-order valence-electron chi connectivity index (χ2n) is 3.36. The first-order valence-corrected chi connectivity index (χ1v) is 5.77. The Hall–Kier alpha value is -1.10. The van der Waals surface area contributed by atoms with Crippen molar-refractivity contribution in [2.24, 2.45) is 0 Å². The van der Waals surface area contributed by atoms with Crippen molar-refractivity contribution in [3.05, 3.63) is 28.5 Å². The summed E-state index contributed by atoms with van der Waals surface area (Å²) in [7, 11) is 1.71. The molecule has 0 spiro atoms. The fraction of sp³-hybridized carbons (Fsp3) is 0.364. The van der Waals surface area contributed by atoms with Crippen molar-refractivity contribution in [3.63, 3.8) is 0 Å². The van der Waals surface area contributed by atoms with Crippen LogP contribution < -0.4 is 5.32 Å². The van der Waals surface area contributed by atoms with E-state index in [2.05, 4.69) is 21.2 Å². The van der Waals surface area contributed by atoms with Gasteiger partial charge in [-0.2, -0.15) is 0 Å². The molecule has 3 nitrogen and oxygen atoms in total. The molecule has 16 heavy (non-hydrogen) atoms. The van der Waals surface area contributed by atoms with Gasteiger partial charge in [0.05, 0.1) is 12.2 Å². The molecule has 0 saturated heterocycles. The highest BCUT2D eigenvalue weighted by Gasteiger charge is 2.10. The van der Waals surface area contributed by atoms with E-state index < -0.39 is 0 Å². The highest BCUT2D eigenvalue weighted by atomic mass is 79.9. The summed E-state index contributed by atoms with van der Waals surface area (Å²) in [6.45, 7) is 2.61. The van der Waals surface area contributed by atoms with Gasteiger partial charge >= 0.3 is 0 Å². The highest BCUT2D eigenvalue weighted by molar-refractivity contribution is 9.10. The summed E-state index contributed by atoms with van der Waals surface area (Å²) in [6.07, 6.45) is 0. The van der Waals surface area contributed by atoms with Crippen molar-refractivity contribution in [2.75, 3.05) is 25.5 Å². The van der Waals surface area contributed by atoms with E-state index in [1.165, 1.54) is 6.07 Å². The number of nitrogens with zero attached hydrogens (tertiary/aromatic N) is 1. The zero-order chi connectivity index (χ0) is 12.1. The molecule has 0 aliphatic rings. The number of para-hydroxylation sites is 1. The van der Waals surface area contributed by atoms with Gasteiger partial charge in [-0.15, -0.1) is 0 Å². The summed E-state index contributed by atoms with van der Waals surface area (Å²) >= 11 is 3.22. The van der Waals surface area contributed by atoms with E-state index in [1.807, 2.05) is 6.92 Å². The van der Waals surface area contributed by atoms with E-state index in [0.717, 1.165) is 0 Å². The van der Waals surface area contributed by atoms with Crippen molar-refractivity contribution >= 4 is 27.5 Å². The van der Waals surface area contributed by atoms with Gasteiger partial charge in [0, 0.05) is 18.1 Å². The van der Waals surface area contributed by atoms with Gasteiger partial charge in [-0.25, -0.2) is 4.39 Å². The number of benzene rings is 1. The first-order valence-electron chi connectivity index (χ1n) is 4.98. The predicted octanol–water partition coefficient (Wildman–Crippen LogP) is 2.48. The number of nitrogens with one attached hydrogen (secondary N) is 1. The van der Waals surface area contributed by atoms with E-state index in [1.54, 1.807) is 24.1 Å². The second-order valence-corrected chi connectivity index (χ2v) is 4.21. The molecule has 0 atom stereocenters. The van der Waals surface area contributed by atoms with Crippen molar-refractivity contribution in [1.82, 2.24) is 4.90 Å². The Morgan fingerprint density at radius 2 is 2.25 bits per heavy atom. The van der Waals surface area contributed by atoms with E-state index in [-0.39, 0.29) is 18.3 Å². The Bertz CT molecular complexity index is 364. The van der Waals surface area contributed by atoms with Gasteiger partial charge < -0.3 is 10.2 Å². The predicted molar refractivity (Wildman–Crippen MR) is 65.9 cm³/mol. The van der Waals surface area contributed by atoms with Gasteiger partial charge in [0.25, 0.3) is 0 Å². The monoisotopic (exact) mass is 288 g/mol. The molecule has 1 aromatic rings. The number of hydrogen-bond acceptors (Lipinski definition) is 2. The number of rotatable bonds is 4. The molecule has 0 aliphatic carbocycles. The van der Waals surface area contributed by atoms with Gasteiger partial charge in [-0.1, -0.05) is 6.07 Å². The number of likely N-dealkylation sites (N-methyl/N-ethyl adjacent to an activating group) is 1.